The predicted molar refractivity (Wildman–Crippen MR) is 82.6 cm³/mol. The molecule has 1 aliphatic carbocycles. The van der Waals surface area contributed by atoms with Crippen molar-refractivity contribution in [2.75, 3.05) is 31.2 Å². The van der Waals surface area contributed by atoms with Gasteiger partial charge >= 0.3 is 0 Å². The van der Waals surface area contributed by atoms with Gasteiger partial charge in [0.15, 0.2) is 0 Å². The molecule has 1 aromatic heterocycles. The Bertz CT molecular complexity index is 504. The Hall–Kier alpha value is -1.30. The molecular formula is C16H25F2N3O. The SMILES string of the molecule is CC.CCc1cc(N2CCOCC2)nc(C2C(C)C2(F)F)n1. The van der Waals surface area contributed by atoms with Crippen molar-refractivity contribution >= 4 is 5.82 Å². The first kappa shape index (κ1) is 17.1. The average Bonchev–Trinajstić information content (AvgIpc) is 3.07. The van der Waals surface area contributed by atoms with E-state index in [1.165, 1.54) is 0 Å². The quantitative estimate of drug-likeness (QED) is 0.858. The van der Waals surface area contributed by atoms with Crippen LogP contribution in [-0.2, 0) is 11.2 Å². The highest BCUT2D eigenvalue weighted by Crippen LogP contribution is 2.60. The van der Waals surface area contributed by atoms with E-state index in [0.29, 0.717) is 19.0 Å². The number of halogens is 2. The van der Waals surface area contributed by atoms with Crippen LogP contribution in [0.2, 0.25) is 0 Å². The Morgan fingerprint density at radius 2 is 1.86 bits per heavy atom. The number of morpholine rings is 1. The van der Waals surface area contributed by atoms with Crippen molar-refractivity contribution in [1.82, 2.24) is 9.97 Å². The van der Waals surface area contributed by atoms with Gasteiger partial charge in [0.2, 0.25) is 0 Å². The fourth-order valence-corrected chi connectivity index (χ4v) is 2.65. The molecule has 2 fully saturated rings. The van der Waals surface area contributed by atoms with Crippen molar-refractivity contribution < 1.29 is 13.5 Å². The summed E-state index contributed by atoms with van der Waals surface area (Å²) in [7, 11) is 0. The van der Waals surface area contributed by atoms with Crippen molar-refractivity contribution in [2.45, 2.75) is 46.0 Å². The molecule has 1 saturated carbocycles. The van der Waals surface area contributed by atoms with E-state index in [4.69, 9.17) is 4.74 Å². The fraction of sp³-hybridized carbons (Fsp3) is 0.750. The minimum Gasteiger partial charge on any atom is -0.378 e. The predicted octanol–water partition coefficient (Wildman–Crippen LogP) is 3.27. The normalized spacial score (nSPS) is 26.2. The van der Waals surface area contributed by atoms with Gasteiger partial charge in [0.1, 0.15) is 11.6 Å². The molecule has 0 bridgehead atoms. The van der Waals surface area contributed by atoms with Crippen LogP contribution < -0.4 is 4.90 Å². The summed E-state index contributed by atoms with van der Waals surface area (Å²) in [5.41, 5.74) is 0.825. The second kappa shape index (κ2) is 6.86. The van der Waals surface area contributed by atoms with E-state index in [0.717, 1.165) is 31.0 Å². The number of alkyl halides is 2. The summed E-state index contributed by atoms with van der Waals surface area (Å²) in [6.45, 7) is 10.3. The van der Waals surface area contributed by atoms with Gasteiger partial charge in [-0.05, 0) is 6.42 Å². The van der Waals surface area contributed by atoms with Gasteiger partial charge in [0, 0.05) is 30.8 Å². The standard InChI is InChI=1S/C14H19F2N3O.C2H6/c1-3-10-8-11(19-4-6-20-7-5-19)18-13(17-10)12-9(2)14(12,15)16;1-2/h8-9,12H,3-7H2,1-2H3;1-2H3. The lowest BCUT2D eigenvalue weighted by molar-refractivity contribution is 0.0954. The Balaban J connectivity index is 0.000000847. The third kappa shape index (κ3) is 3.21. The first-order valence-electron chi connectivity index (χ1n) is 8.12. The molecular weight excluding hydrogens is 288 g/mol. The zero-order valence-electron chi connectivity index (χ0n) is 13.8. The van der Waals surface area contributed by atoms with Crippen LogP contribution >= 0.6 is 0 Å². The van der Waals surface area contributed by atoms with Gasteiger partial charge in [-0.1, -0.05) is 27.7 Å². The summed E-state index contributed by atoms with van der Waals surface area (Å²) >= 11 is 0. The number of anilines is 1. The molecule has 2 heterocycles. The van der Waals surface area contributed by atoms with Crippen molar-refractivity contribution in [3.05, 3.63) is 17.6 Å². The van der Waals surface area contributed by atoms with Crippen molar-refractivity contribution in [1.29, 1.82) is 0 Å². The maximum atomic E-state index is 13.6. The second-order valence-corrected chi connectivity index (χ2v) is 5.47. The molecule has 2 atom stereocenters. The first-order chi connectivity index (χ1) is 10.5. The van der Waals surface area contributed by atoms with E-state index in [1.807, 2.05) is 26.8 Å². The molecule has 124 valence electrons. The monoisotopic (exact) mass is 313 g/mol. The van der Waals surface area contributed by atoms with E-state index in [2.05, 4.69) is 14.9 Å². The average molecular weight is 313 g/mol. The minimum atomic E-state index is -2.66. The van der Waals surface area contributed by atoms with Crippen molar-refractivity contribution in [2.24, 2.45) is 5.92 Å². The summed E-state index contributed by atoms with van der Waals surface area (Å²) in [6, 6.07) is 1.90. The van der Waals surface area contributed by atoms with Crippen LogP contribution in [-0.4, -0.2) is 42.2 Å². The maximum Gasteiger partial charge on any atom is 0.261 e. The van der Waals surface area contributed by atoms with Crippen LogP contribution in [0.4, 0.5) is 14.6 Å². The number of hydrogen-bond donors (Lipinski definition) is 0. The molecule has 2 unspecified atom stereocenters. The van der Waals surface area contributed by atoms with E-state index in [-0.39, 0.29) is 0 Å². The smallest absolute Gasteiger partial charge is 0.261 e. The number of hydrogen-bond acceptors (Lipinski definition) is 4. The molecule has 22 heavy (non-hydrogen) atoms. The van der Waals surface area contributed by atoms with Crippen LogP contribution in [0, 0.1) is 5.92 Å². The second-order valence-electron chi connectivity index (χ2n) is 5.47. The van der Waals surface area contributed by atoms with Gasteiger partial charge in [-0.15, -0.1) is 0 Å². The lowest BCUT2D eigenvalue weighted by Gasteiger charge is -2.28. The largest absolute Gasteiger partial charge is 0.378 e. The highest BCUT2D eigenvalue weighted by molar-refractivity contribution is 5.42. The molecule has 0 radical (unpaired) electrons. The zero-order valence-corrected chi connectivity index (χ0v) is 13.8. The lowest BCUT2D eigenvalue weighted by Crippen LogP contribution is -2.37. The molecule has 0 N–H and O–H groups in total. The molecule has 1 aliphatic heterocycles. The zero-order chi connectivity index (χ0) is 16.3. The summed E-state index contributed by atoms with van der Waals surface area (Å²) in [4.78, 5) is 10.8. The van der Waals surface area contributed by atoms with E-state index >= 15 is 0 Å². The summed E-state index contributed by atoms with van der Waals surface area (Å²) in [6.07, 6.45) is 0.722. The summed E-state index contributed by atoms with van der Waals surface area (Å²) in [5, 5.41) is 0. The van der Waals surface area contributed by atoms with Gasteiger partial charge in [0.25, 0.3) is 5.92 Å². The fourth-order valence-electron chi connectivity index (χ4n) is 2.65. The Labute approximate surface area is 130 Å². The summed E-state index contributed by atoms with van der Waals surface area (Å²) < 4.78 is 32.5. The molecule has 4 nitrogen and oxygen atoms in total. The Morgan fingerprint density at radius 1 is 1.27 bits per heavy atom. The van der Waals surface area contributed by atoms with Crippen LogP contribution in [0.3, 0.4) is 0 Å². The van der Waals surface area contributed by atoms with Gasteiger partial charge in [-0.2, -0.15) is 0 Å². The maximum absolute atomic E-state index is 13.6. The lowest BCUT2D eigenvalue weighted by atomic mass is 10.2. The molecule has 3 rings (SSSR count). The van der Waals surface area contributed by atoms with E-state index in [1.54, 1.807) is 6.92 Å². The topological polar surface area (TPSA) is 38.2 Å². The third-order valence-electron chi connectivity index (χ3n) is 4.17. The van der Waals surface area contributed by atoms with Crippen LogP contribution in [0.1, 0.15) is 45.1 Å². The highest BCUT2D eigenvalue weighted by atomic mass is 19.3. The van der Waals surface area contributed by atoms with E-state index < -0.39 is 17.8 Å². The number of aromatic nitrogens is 2. The molecule has 1 saturated heterocycles. The third-order valence-corrected chi connectivity index (χ3v) is 4.17. The Morgan fingerprint density at radius 3 is 2.36 bits per heavy atom. The van der Waals surface area contributed by atoms with Gasteiger partial charge in [0.05, 0.1) is 19.1 Å². The van der Waals surface area contributed by atoms with Gasteiger partial charge in [-0.3, -0.25) is 0 Å². The molecule has 1 aromatic rings. The number of aryl methyl sites for hydroxylation is 1. The summed E-state index contributed by atoms with van der Waals surface area (Å²) in [5.74, 6) is -3.09. The molecule has 0 spiro atoms. The molecule has 0 amide bonds. The van der Waals surface area contributed by atoms with E-state index in [9.17, 15) is 8.78 Å². The minimum absolute atomic E-state index is 0.295. The van der Waals surface area contributed by atoms with Crippen molar-refractivity contribution in [3.63, 3.8) is 0 Å². The molecule has 6 heteroatoms. The molecule has 0 aromatic carbocycles. The number of rotatable bonds is 3. The van der Waals surface area contributed by atoms with Gasteiger partial charge in [-0.25, -0.2) is 18.7 Å². The number of ether oxygens (including phenoxy) is 1. The first-order valence-corrected chi connectivity index (χ1v) is 8.12. The number of nitrogens with zero attached hydrogens (tertiary/aromatic N) is 3. The van der Waals surface area contributed by atoms with Crippen LogP contribution in [0.5, 0.6) is 0 Å². The van der Waals surface area contributed by atoms with Crippen molar-refractivity contribution in [3.8, 4) is 0 Å². The van der Waals surface area contributed by atoms with Crippen LogP contribution in [0.15, 0.2) is 6.07 Å². The van der Waals surface area contributed by atoms with Crippen LogP contribution in [0.25, 0.3) is 0 Å². The highest BCUT2D eigenvalue weighted by Gasteiger charge is 2.67. The molecule has 2 aliphatic rings. The van der Waals surface area contributed by atoms with Gasteiger partial charge < -0.3 is 9.64 Å². The Kier molecular flexibility index (Phi) is 5.32.